The first-order valence-corrected chi connectivity index (χ1v) is 4.86. The molecule has 0 spiro atoms. The topological polar surface area (TPSA) is 37.4 Å². The van der Waals surface area contributed by atoms with Gasteiger partial charge in [0.15, 0.2) is 0 Å². The summed E-state index contributed by atoms with van der Waals surface area (Å²) in [6, 6.07) is 0. The number of piperidine rings is 1. The average Bonchev–Trinajstić information content (AvgIpc) is 2.09. The van der Waals surface area contributed by atoms with Crippen LogP contribution in [0, 0.1) is 11.8 Å². The molecule has 1 aliphatic heterocycles. The summed E-state index contributed by atoms with van der Waals surface area (Å²) in [5, 5.41) is 0. The average molecular weight is 183 g/mol. The van der Waals surface area contributed by atoms with Crippen molar-refractivity contribution in [3.63, 3.8) is 0 Å². The highest BCUT2D eigenvalue weighted by Gasteiger charge is 2.23. The van der Waals surface area contributed by atoms with Crippen molar-refractivity contribution in [2.45, 2.75) is 26.7 Å². The summed E-state index contributed by atoms with van der Waals surface area (Å²) in [5.74, 6) is 0.681. The van der Waals surface area contributed by atoms with Crippen molar-refractivity contribution in [2.75, 3.05) is 13.1 Å². The number of likely N-dealkylation sites (tertiary alicyclic amines) is 1. The lowest BCUT2D eigenvalue weighted by atomic mass is 9.98. The van der Waals surface area contributed by atoms with Gasteiger partial charge in [-0.15, -0.1) is 0 Å². The molecule has 13 heavy (non-hydrogen) atoms. The van der Waals surface area contributed by atoms with Gasteiger partial charge in [0, 0.05) is 25.4 Å². The van der Waals surface area contributed by atoms with E-state index in [1.165, 1.54) is 0 Å². The number of hydrogen-bond acceptors (Lipinski definition) is 2. The Hall–Kier alpha value is -0.860. The fraction of sp³-hybridized carbons (Fsp3) is 0.800. The zero-order valence-corrected chi connectivity index (χ0v) is 8.32. The Morgan fingerprint density at radius 2 is 2.38 bits per heavy atom. The highest BCUT2D eigenvalue weighted by molar-refractivity contribution is 5.77. The molecule has 0 bridgehead atoms. The largest absolute Gasteiger partial charge is 0.342 e. The van der Waals surface area contributed by atoms with Gasteiger partial charge < -0.3 is 9.69 Å². The summed E-state index contributed by atoms with van der Waals surface area (Å²) >= 11 is 0. The second-order valence-electron chi connectivity index (χ2n) is 4.05. The number of carbonyl (C=O) groups is 2. The van der Waals surface area contributed by atoms with Crippen molar-refractivity contribution in [1.82, 2.24) is 4.90 Å². The van der Waals surface area contributed by atoms with E-state index < -0.39 is 0 Å². The van der Waals surface area contributed by atoms with E-state index in [-0.39, 0.29) is 11.8 Å². The predicted molar refractivity (Wildman–Crippen MR) is 50.2 cm³/mol. The molecule has 0 aliphatic carbocycles. The number of amides is 1. The summed E-state index contributed by atoms with van der Waals surface area (Å²) < 4.78 is 0. The van der Waals surface area contributed by atoms with Crippen LogP contribution in [0.4, 0.5) is 0 Å². The van der Waals surface area contributed by atoms with Crippen LogP contribution in [0.15, 0.2) is 0 Å². The van der Waals surface area contributed by atoms with E-state index in [2.05, 4.69) is 6.92 Å². The minimum atomic E-state index is -0.0302. The van der Waals surface area contributed by atoms with E-state index in [0.717, 1.165) is 19.3 Å². The summed E-state index contributed by atoms with van der Waals surface area (Å²) in [7, 11) is 0. The number of nitrogens with zero attached hydrogens (tertiary/aromatic N) is 1. The van der Waals surface area contributed by atoms with Crippen molar-refractivity contribution >= 4 is 12.2 Å². The minimum Gasteiger partial charge on any atom is -0.342 e. The van der Waals surface area contributed by atoms with Gasteiger partial charge in [0.25, 0.3) is 0 Å². The first-order valence-electron chi connectivity index (χ1n) is 4.86. The van der Waals surface area contributed by atoms with Crippen LogP contribution >= 0.6 is 0 Å². The van der Waals surface area contributed by atoms with Gasteiger partial charge in [-0.1, -0.05) is 13.8 Å². The van der Waals surface area contributed by atoms with E-state index in [9.17, 15) is 9.59 Å². The second-order valence-corrected chi connectivity index (χ2v) is 4.05. The van der Waals surface area contributed by atoms with Crippen LogP contribution in [-0.2, 0) is 9.59 Å². The Kier molecular flexibility index (Phi) is 3.46. The fourth-order valence-corrected chi connectivity index (χ4v) is 1.61. The van der Waals surface area contributed by atoms with E-state index in [1.807, 2.05) is 6.92 Å². The lowest BCUT2D eigenvalue weighted by Crippen LogP contribution is -2.40. The second kappa shape index (κ2) is 4.40. The Morgan fingerprint density at radius 1 is 1.69 bits per heavy atom. The Morgan fingerprint density at radius 3 is 2.92 bits per heavy atom. The third kappa shape index (κ3) is 2.83. The molecular formula is C10H17NO2. The van der Waals surface area contributed by atoms with Crippen molar-refractivity contribution < 1.29 is 9.59 Å². The molecule has 74 valence electrons. The quantitative estimate of drug-likeness (QED) is 0.614. The van der Waals surface area contributed by atoms with Crippen LogP contribution in [0.5, 0.6) is 0 Å². The molecule has 1 rings (SSSR count). The van der Waals surface area contributed by atoms with Crippen molar-refractivity contribution in [3.8, 4) is 0 Å². The summed E-state index contributed by atoms with van der Waals surface area (Å²) in [5.41, 5.74) is 0. The van der Waals surface area contributed by atoms with E-state index in [4.69, 9.17) is 0 Å². The van der Waals surface area contributed by atoms with Crippen LogP contribution in [0.2, 0.25) is 0 Å². The van der Waals surface area contributed by atoms with Crippen LogP contribution in [0.3, 0.4) is 0 Å². The molecule has 0 saturated carbocycles. The number of rotatable bonds is 3. The zero-order chi connectivity index (χ0) is 9.84. The summed E-state index contributed by atoms with van der Waals surface area (Å²) in [4.78, 5) is 23.7. The van der Waals surface area contributed by atoms with E-state index in [0.29, 0.717) is 18.9 Å². The van der Waals surface area contributed by atoms with Gasteiger partial charge in [-0.2, -0.15) is 0 Å². The van der Waals surface area contributed by atoms with Crippen molar-refractivity contribution in [3.05, 3.63) is 0 Å². The molecule has 3 nitrogen and oxygen atoms in total. The van der Waals surface area contributed by atoms with Gasteiger partial charge in [0.05, 0.1) is 0 Å². The smallest absolute Gasteiger partial charge is 0.222 e. The van der Waals surface area contributed by atoms with Crippen LogP contribution in [-0.4, -0.2) is 30.2 Å². The van der Waals surface area contributed by atoms with Gasteiger partial charge >= 0.3 is 0 Å². The zero-order valence-electron chi connectivity index (χ0n) is 8.32. The lowest BCUT2D eigenvalue weighted by Gasteiger charge is -2.30. The molecule has 1 aliphatic rings. The molecule has 2 unspecified atom stereocenters. The maximum atomic E-state index is 11.5. The Bertz CT molecular complexity index is 203. The normalized spacial score (nSPS) is 25.8. The highest BCUT2D eigenvalue weighted by Crippen LogP contribution is 2.17. The van der Waals surface area contributed by atoms with Crippen LogP contribution < -0.4 is 0 Å². The molecule has 0 N–H and O–H groups in total. The molecule has 0 aromatic carbocycles. The molecular weight excluding hydrogens is 166 g/mol. The molecule has 0 aromatic heterocycles. The summed E-state index contributed by atoms with van der Waals surface area (Å²) in [6.07, 6.45) is 2.62. The lowest BCUT2D eigenvalue weighted by molar-refractivity contribution is -0.135. The highest BCUT2D eigenvalue weighted by atomic mass is 16.2. The first-order chi connectivity index (χ1) is 6.13. The third-order valence-electron chi connectivity index (χ3n) is 2.51. The van der Waals surface area contributed by atoms with Gasteiger partial charge in [0.2, 0.25) is 5.91 Å². The Balaban J connectivity index is 2.42. The predicted octanol–water partition coefficient (Wildman–Crippen LogP) is 1.08. The summed E-state index contributed by atoms with van der Waals surface area (Å²) in [6.45, 7) is 5.35. The van der Waals surface area contributed by atoms with Crippen molar-refractivity contribution in [2.24, 2.45) is 11.8 Å². The monoisotopic (exact) mass is 183 g/mol. The standard InChI is InChI=1S/C10H17NO2/c1-8-3-4-11(10(13)5-8)6-9(2)7-12/h7-9H,3-6H2,1-2H3. The molecule has 2 atom stereocenters. The third-order valence-corrected chi connectivity index (χ3v) is 2.51. The first kappa shape index (κ1) is 10.2. The maximum Gasteiger partial charge on any atom is 0.222 e. The molecule has 1 saturated heterocycles. The van der Waals surface area contributed by atoms with Crippen LogP contribution in [0.1, 0.15) is 26.7 Å². The molecule has 1 amide bonds. The SMILES string of the molecule is CC(C=O)CN1CCC(C)CC1=O. The molecule has 1 heterocycles. The molecule has 0 radical (unpaired) electrons. The van der Waals surface area contributed by atoms with E-state index in [1.54, 1.807) is 4.90 Å². The molecule has 3 heteroatoms. The Labute approximate surface area is 79.1 Å². The van der Waals surface area contributed by atoms with Gasteiger partial charge in [-0.3, -0.25) is 4.79 Å². The number of hydrogen-bond donors (Lipinski definition) is 0. The van der Waals surface area contributed by atoms with Crippen molar-refractivity contribution in [1.29, 1.82) is 0 Å². The minimum absolute atomic E-state index is 0.0302. The maximum absolute atomic E-state index is 11.5. The van der Waals surface area contributed by atoms with E-state index >= 15 is 0 Å². The van der Waals surface area contributed by atoms with Gasteiger partial charge in [0.1, 0.15) is 6.29 Å². The number of carbonyl (C=O) groups excluding carboxylic acids is 2. The fourth-order valence-electron chi connectivity index (χ4n) is 1.61. The van der Waals surface area contributed by atoms with Crippen LogP contribution in [0.25, 0.3) is 0 Å². The molecule has 0 aromatic rings. The van der Waals surface area contributed by atoms with Gasteiger partial charge in [-0.25, -0.2) is 0 Å². The number of aldehydes is 1. The van der Waals surface area contributed by atoms with Gasteiger partial charge in [-0.05, 0) is 12.3 Å². The molecule has 1 fully saturated rings.